The van der Waals surface area contributed by atoms with Gasteiger partial charge in [0.1, 0.15) is 23.2 Å². The second-order valence-electron chi connectivity index (χ2n) is 6.95. The van der Waals surface area contributed by atoms with Crippen LogP contribution in [0.4, 0.5) is 14.6 Å². The van der Waals surface area contributed by atoms with Gasteiger partial charge in [-0.2, -0.15) is 11.8 Å². The standard InChI is InChI=1S/C22H27F2N3O2S/c1-14(2)15(13-30-3)9-22(26)29-8-4-7-28-20-10-16(23)5-6-17(20)18-11-21(25)27-12-19(18)24/h5-6,9-12,14,26H,4,7-8,13H2,1-3H3,(H2,25,27)/b15-9-,26-22?. The molecule has 0 aliphatic carbocycles. The summed E-state index contributed by atoms with van der Waals surface area (Å²) in [5.41, 5.74) is 7.37. The molecule has 0 saturated heterocycles. The third-order valence-electron chi connectivity index (χ3n) is 4.28. The van der Waals surface area contributed by atoms with Gasteiger partial charge in [-0.15, -0.1) is 0 Å². The van der Waals surface area contributed by atoms with E-state index in [9.17, 15) is 8.78 Å². The summed E-state index contributed by atoms with van der Waals surface area (Å²) in [5, 5.41) is 7.95. The van der Waals surface area contributed by atoms with Crippen molar-refractivity contribution in [2.75, 3.05) is 31.0 Å². The summed E-state index contributed by atoms with van der Waals surface area (Å²) in [5.74, 6) is 0.600. The van der Waals surface area contributed by atoms with Crippen molar-refractivity contribution in [1.29, 1.82) is 5.41 Å². The molecule has 5 nitrogen and oxygen atoms in total. The summed E-state index contributed by atoms with van der Waals surface area (Å²) < 4.78 is 39.0. The minimum atomic E-state index is -0.574. The quantitative estimate of drug-likeness (QED) is 0.300. The molecule has 0 spiro atoms. The summed E-state index contributed by atoms with van der Waals surface area (Å²) in [7, 11) is 0. The Balaban J connectivity index is 1.96. The third kappa shape index (κ3) is 7.02. The first-order chi connectivity index (χ1) is 14.3. The number of anilines is 1. The van der Waals surface area contributed by atoms with E-state index in [1.54, 1.807) is 17.8 Å². The van der Waals surface area contributed by atoms with Crippen LogP contribution in [0.15, 0.2) is 42.1 Å². The monoisotopic (exact) mass is 435 g/mol. The number of nitrogen functional groups attached to an aromatic ring is 1. The molecule has 0 bridgehead atoms. The van der Waals surface area contributed by atoms with Crippen molar-refractivity contribution < 1.29 is 18.3 Å². The Kier molecular flexibility index (Phi) is 9.11. The average Bonchev–Trinajstić information content (AvgIpc) is 2.69. The predicted molar refractivity (Wildman–Crippen MR) is 119 cm³/mol. The zero-order valence-corrected chi connectivity index (χ0v) is 18.2. The minimum absolute atomic E-state index is 0.105. The normalized spacial score (nSPS) is 11.6. The van der Waals surface area contributed by atoms with E-state index in [4.69, 9.17) is 20.6 Å². The molecular weight excluding hydrogens is 408 g/mol. The fourth-order valence-corrected chi connectivity index (χ4v) is 3.42. The van der Waals surface area contributed by atoms with E-state index >= 15 is 0 Å². The van der Waals surface area contributed by atoms with Gasteiger partial charge in [-0.1, -0.05) is 19.4 Å². The fraction of sp³-hybridized carbons (Fsp3) is 0.364. The molecule has 30 heavy (non-hydrogen) atoms. The highest BCUT2D eigenvalue weighted by Gasteiger charge is 2.13. The Labute approximate surface area is 180 Å². The van der Waals surface area contributed by atoms with Gasteiger partial charge in [0.2, 0.25) is 5.90 Å². The predicted octanol–water partition coefficient (Wildman–Crippen LogP) is 5.32. The largest absolute Gasteiger partial charge is 0.493 e. The molecule has 2 rings (SSSR count). The molecule has 1 aromatic heterocycles. The van der Waals surface area contributed by atoms with Crippen LogP contribution in [-0.4, -0.2) is 36.1 Å². The fourth-order valence-electron chi connectivity index (χ4n) is 2.67. The van der Waals surface area contributed by atoms with Crippen molar-refractivity contribution in [2.24, 2.45) is 5.92 Å². The van der Waals surface area contributed by atoms with Crippen molar-refractivity contribution >= 4 is 23.5 Å². The number of benzene rings is 1. The molecule has 0 fully saturated rings. The smallest absolute Gasteiger partial charge is 0.205 e. The Hall–Kier alpha value is -2.61. The first-order valence-electron chi connectivity index (χ1n) is 9.56. The number of pyridine rings is 1. The van der Waals surface area contributed by atoms with E-state index in [2.05, 4.69) is 18.8 Å². The topological polar surface area (TPSA) is 81.2 Å². The number of ether oxygens (including phenoxy) is 2. The van der Waals surface area contributed by atoms with E-state index in [1.165, 1.54) is 24.3 Å². The number of hydrogen-bond acceptors (Lipinski definition) is 6. The van der Waals surface area contributed by atoms with Crippen LogP contribution in [0, 0.1) is 23.0 Å². The Morgan fingerprint density at radius 2 is 2.00 bits per heavy atom. The van der Waals surface area contributed by atoms with Gasteiger partial charge < -0.3 is 15.2 Å². The maximum atomic E-state index is 14.2. The number of nitrogens with two attached hydrogens (primary N) is 1. The summed E-state index contributed by atoms with van der Waals surface area (Å²) in [6.45, 7) is 4.66. The third-order valence-corrected chi connectivity index (χ3v) is 4.91. The number of hydrogen-bond donors (Lipinski definition) is 2. The van der Waals surface area contributed by atoms with Crippen molar-refractivity contribution in [3.63, 3.8) is 0 Å². The highest BCUT2D eigenvalue weighted by atomic mass is 32.2. The van der Waals surface area contributed by atoms with Crippen LogP contribution < -0.4 is 10.5 Å². The maximum Gasteiger partial charge on any atom is 0.205 e. The van der Waals surface area contributed by atoms with Crippen molar-refractivity contribution in [1.82, 2.24) is 4.98 Å². The zero-order chi connectivity index (χ0) is 22.1. The first-order valence-corrected chi connectivity index (χ1v) is 11.0. The highest BCUT2D eigenvalue weighted by molar-refractivity contribution is 7.98. The molecule has 0 saturated carbocycles. The Morgan fingerprint density at radius 3 is 2.70 bits per heavy atom. The number of aromatic nitrogens is 1. The summed E-state index contributed by atoms with van der Waals surface area (Å²) >= 11 is 1.70. The maximum absolute atomic E-state index is 14.2. The summed E-state index contributed by atoms with van der Waals surface area (Å²) in [4.78, 5) is 3.70. The minimum Gasteiger partial charge on any atom is -0.493 e. The molecule has 0 unspecified atom stereocenters. The van der Waals surface area contributed by atoms with Crippen LogP contribution in [0.1, 0.15) is 20.3 Å². The Bertz CT molecular complexity index is 904. The van der Waals surface area contributed by atoms with Crippen molar-refractivity contribution in [3.05, 3.63) is 53.7 Å². The van der Waals surface area contributed by atoms with Gasteiger partial charge in [-0.3, -0.25) is 5.41 Å². The highest BCUT2D eigenvalue weighted by Crippen LogP contribution is 2.33. The van der Waals surface area contributed by atoms with Crippen LogP contribution in [-0.2, 0) is 4.74 Å². The molecule has 0 radical (unpaired) electrons. The first kappa shape index (κ1) is 23.7. The Morgan fingerprint density at radius 1 is 1.23 bits per heavy atom. The number of rotatable bonds is 10. The van der Waals surface area contributed by atoms with E-state index in [0.717, 1.165) is 17.5 Å². The van der Waals surface area contributed by atoms with Gasteiger partial charge in [-0.25, -0.2) is 13.8 Å². The number of nitrogens with one attached hydrogen (secondary N) is 1. The molecule has 0 aliphatic heterocycles. The van der Waals surface area contributed by atoms with Gasteiger partial charge in [0, 0.05) is 29.4 Å². The van der Waals surface area contributed by atoms with Gasteiger partial charge >= 0.3 is 0 Å². The van der Waals surface area contributed by atoms with E-state index in [0.29, 0.717) is 17.9 Å². The number of nitrogens with zero attached hydrogens (tertiary/aromatic N) is 1. The molecule has 0 aliphatic rings. The van der Waals surface area contributed by atoms with Crippen LogP contribution in [0.3, 0.4) is 0 Å². The van der Waals surface area contributed by atoms with E-state index < -0.39 is 11.6 Å². The second kappa shape index (κ2) is 11.5. The lowest BCUT2D eigenvalue weighted by Crippen LogP contribution is -2.09. The van der Waals surface area contributed by atoms with Gasteiger partial charge in [0.05, 0.1) is 19.4 Å². The second-order valence-corrected chi connectivity index (χ2v) is 7.82. The van der Waals surface area contributed by atoms with Gasteiger partial charge in [0.15, 0.2) is 0 Å². The molecule has 1 aromatic carbocycles. The molecule has 1 heterocycles. The summed E-state index contributed by atoms with van der Waals surface area (Å²) in [6.07, 6.45) is 5.27. The van der Waals surface area contributed by atoms with Crippen LogP contribution in [0.25, 0.3) is 11.1 Å². The van der Waals surface area contributed by atoms with E-state index in [1.807, 2.05) is 6.26 Å². The van der Waals surface area contributed by atoms with Crippen LogP contribution >= 0.6 is 11.8 Å². The van der Waals surface area contributed by atoms with Crippen LogP contribution in [0.2, 0.25) is 0 Å². The molecule has 162 valence electrons. The molecule has 0 amide bonds. The van der Waals surface area contributed by atoms with Crippen molar-refractivity contribution in [3.8, 4) is 16.9 Å². The molecule has 0 atom stereocenters. The molecule has 8 heteroatoms. The molecule has 3 N–H and O–H groups in total. The SMILES string of the molecule is CSC/C(=C/C(=N)OCCCOc1cc(F)ccc1-c1cc(N)ncc1F)C(C)C. The zero-order valence-electron chi connectivity index (χ0n) is 17.4. The molecule has 2 aromatic rings. The summed E-state index contributed by atoms with van der Waals surface area (Å²) in [6, 6.07) is 5.26. The van der Waals surface area contributed by atoms with Gasteiger partial charge in [-0.05, 0) is 36.4 Å². The average molecular weight is 436 g/mol. The number of thioether (sulfide) groups is 1. The van der Waals surface area contributed by atoms with Crippen molar-refractivity contribution in [2.45, 2.75) is 20.3 Å². The lowest BCUT2D eigenvalue weighted by Gasteiger charge is -2.13. The van der Waals surface area contributed by atoms with E-state index in [-0.39, 0.29) is 36.2 Å². The molecular formula is C22H27F2N3O2S. The van der Waals surface area contributed by atoms with Crippen LogP contribution in [0.5, 0.6) is 5.75 Å². The van der Waals surface area contributed by atoms with Gasteiger partial charge in [0.25, 0.3) is 0 Å². The lowest BCUT2D eigenvalue weighted by atomic mass is 10.0. The lowest BCUT2D eigenvalue weighted by molar-refractivity contribution is 0.240. The number of halogens is 2.